The van der Waals surface area contributed by atoms with Crippen LogP contribution < -0.4 is 4.74 Å². The van der Waals surface area contributed by atoms with Gasteiger partial charge in [0.1, 0.15) is 12.4 Å². The first-order valence-corrected chi connectivity index (χ1v) is 7.91. The van der Waals surface area contributed by atoms with E-state index in [9.17, 15) is 4.79 Å². The van der Waals surface area contributed by atoms with Gasteiger partial charge in [-0.1, -0.05) is 42.5 Å². The SMILES string of the molecule is O=C(O)C1CN(CCc2ccc(OCc3ccccc3)cc2)C1. The standard InChI is InChI=1S/C19H21NO3/c21-19(22)17-12-20(13-17)11-10-15-6-8-18(9-7-15)23-14-16-4-2-1-3-5-16/h1-9,17H,10-14H2,(H,21,22). The molecule has 0 aromatic heterocycles. The molecular formula is C19H21NO3. The lowest BCUT2D eigenvalue weighted by Crippen LogP contribution is -2.50. The number of aliphatic carboxylic acids is 1. The second-order valence-corrected chi connectivity index (χ2v) is 5.96. The van der Waals surface area contributed by atoms with Crippen molar-refractivity contribution >= 4 is 5.97 Å². The van der Waals surface area contributed by atoms with E-state index in [4.69, 9.17) is 9.84 Å². The van der Waals surface area contributed by atoms with E-state index in [2.05, 4.69) is 17.0 Å². The van der Waals surface area contributed by atoms with E-state index in [0.29, 0.717) is 19.7 Å². The molecule has 4 nitrogen and oxygen atoms in total. The molecular weight excluding hydrogens is 290 g/mol. The minimum atomic E-state index is -0.679. The van der Waals surface area contributed by atoms with Gasteiger partial charge >= 0.3 is 5.97 Å². The van der Waals surface area contributed by atoms with Crippen LogP contribution in [0.25, 0.3) is 0 Å². The number of hydrogen-bond donors (Lipinski definition) is 1. The van der Waals surface area contributed by atoms with E-state index in [0.717, 1.165) is 24.3 Å². The Kier molecular flexibility index (Phi) is 4.93. The average molecular weight is 311 g/mol. The Morgan fingerprint density at radius 2 is 1.74 bits per heavy atom. The van der Waals surface area contributed by atoms with Crippen molar-refractivity contribution in [3.63, 3.8) is 0 Å². The zero-order valence-electron chi connectivity index (χ0n) is 13.0. The number of carbonyl (C=O) groups is 1. The molecule has 120 valence electrons. The number of carboxylic acids is 1. The Hall–Kier alpha value is -2.33. The van der Waals surface area contributed by atoms with Crippen LogP contribution in [-0.2, 0) is 17.8 Å². The molecule has 2 aromatic rings. The fraction of sp³-hybridized carbons (Fsp3) is 0.316. The summed E-state index contributed by atoms with van der Waals surface area (Å²) in [5.41, 5.74) is 2.40. The van der Waals surface area contributed by atoms with Gasteiger partial charge in [-0.15, -0.1) is 0 Å². The molecule has 0 saturated carbocycles. The Morgan fingerprint density at radius 1 is 1.04 bits per heavy atom. The van der Waals surface area contributed by atoms with E-state index >= 15 is 0 Å². The molecule has 3 rings (SSSR count). The monoisotopic (exact) mass is 311 g/mol. The molecule has 1 N–H and O–H groups in total. The quantitative estimate of drug-likeness (QED) is 0.854. The number of benzene rings is 2. The highest BCUT2D eigenvalue weighted by Gasteiger charge is 2.31. The van der Waals surface area contributed by atoms with Crippen molar-refractivity contribution in [1.29, 1.82) is 0 Å². The first-order chi connectivity index (χ1) is 11.2. The van der Waals surface area contributed by atoms with Gasteiger partial charge in [-0.25, -0.2) is 0 Å². The molecule has 0 atom stereocenters. The van der Waals surface area contributed by atoms with Crippen molar-refractivity contribution < 1.29 is 14.6 Å². The number of carboxylic acid groups (broad SMARTS) is 1. The second-order valence-electron chi connectivity index (χ2n) is 5.96. The fourth-order valence-corrected chi connectivity index (χ4v) is 2.69. The molecule has 1 fully saturated rings. The largest absolute Gasteiger partial charge is 0.489 e. The Morgan fingerprint density at radius 3 is 2.39 bits per heavy atom. The molecule has 0 aliphatic carbocycles. The van der Waals surface area contributed by atoms with Gasteiger partial charge in [0, 0.05) is 19.6 Å². The molecule has 1 aliphatic rings. The zero-order chi connectivity index (χ0) is 16.1. The van der Waals surface area contributed by atoms with Crippen LogP contribution in [0.3, 0.4) is 0 Å². The number of nitrogens with zero attached hydrogens (tertiary/aromatic N) is 1. The lowest BCUT2D eigenvalue weighted by Gasteiger charge is -2.36. The van der Waals surface area contributed by atoms with Gasteiger partial charge in [0.15, 0.2) is 0 Å². The molecule has 0 spiro atoms. The van der Waals surface area contributed by atoms with Gasteiger partial charge in [-0.2, -0.15) is 0 Å². The summed E-state index contributed by atoms with van der Waals surface area (Å²) in [4.78, 5) is 12.9. The van der Waals surface area contributed by atoms with E-state index in [1.54, 1.807) is 0 Å². The topological polar surface area (TPSA) is 49.8 Å². The molecule has 0 unspecified atom stereocenters. The summed E-state index contributed by atoms with van der Waals surface area (Å²) in [6.45, 7) is 2.83. The summed E-state index contributed by atoms with van der Waals surface area (Å²) in [6.07, 6.45) is 0.936. The minimum absolute atomic E-state index is 0.177. The van der Waals surface area contributed by atoms with Gasteiger partial charge in [-0.3, -0.25) is 4.79 Å². The van der Waals surface area contributed by atoms with E-state index in [-0.39, 0.29) is 5.92 Å². The van der Waals surface area contributed by atoms with Crippen LogP contribution in [-0.4, -0.2) is 35.6 Å². The van der Waals surface area contributed by atoms with E-state index < -0.39 is 5.97 Å². The van der Waals surface area contributed by atoms with Gasteiger partial charge in [0.05, 0.1) is 5.92 Å². The Bertz CT molecular complexity index is 633. The minimum Gasteiger partial charge on any atom is -0.489 e. The summed E-state index contributed by atoms with van der Waals surface area (Å²) in [6, 6.07) is 18.2. The molecule has 0 bridgehead atoms. The molecule has 2 aromatic carbocycles. The average Bonchev–Trinajstić information content (AvgIpc) is 2.53. The predicted molar refractivity (Wildman–Crippen MR) is 88.5 cm³/mol. The maximum absolute atomic E-state index is 10.8. The van der Waals surface area contributed by atoms with Crippen molar-refractivity contribution in [2.45, 2.75) is 13.0 Å². The van der Waals surface area contributed by atoms with E-state index in [1.807, 2.05) is 42.5 Å². The van der Waals surface area contributed by atoms with Gasteiger partial charge < -0.3 is 14.7 Å². The summed E-state index contributed by atoms with van der Waals surface area (Å²) < 4.78 is 5.77. The second kappa shape index (κ2) is 7.29. The number of hydrogen-bond acceptors (Lipinski definition) is 3. The lowest BCUT2D eigenvalue weighted by atomic mass is 10.00. The predicted octanol–water partition coefficient (Wildman–Crippen LogP) is 2.82. The van der Waals surface area contributed by atoms with Crippen molar-refractivity contribution in [1.82, 2.24) is 4.90 Å². The van der Waals surface area contributed by atoms with Crippen LogP contribution in [0.5, 0.6) is 5.75 Å². The Balaban J connectivity index is 1.42. The third-order valence-electron chi connectivity index (χ3n) is 4.19. The number of ether oxygens (including phenoxy) is 1. The molecule has 0 radical (unpaired) electrons. The fourth-order valence-electron chi connectivity index (χ4n) is 2.69. The van der Waals surface area contributed by atoms with Crippen molar-refractivity contribution in [2.24, 2.45) is 5.92 Å². The summed E-state index contributed by atoms with van der Waals surface area (Å²) >= 11 is 0. The van der Waals surface area contributed by atoms with Crippen LogP contribution in [0.2, 0.25) is 0 Å². The first-order valence-electron chi connectivity index (χ1n) is 7.91. The highest BCUT2D eigenvalue weighted by Crippen LogP contribution is 2.18. The third kappa shape index (κ3) is 4.33. The highest BCUT2D eigenvalue weighted by molar-refractivity contribution is 5.71. The summed E-state index contributed by atoms with van der Waals surface area (Å²) in [5.74, 6) is 0.0115. The molecule has 0 amide bonds. The van der Waals surface area contributed by atoms with Gasteiger partial charge in [-0.05, 0) is 29.7 Å². The number of likely N-dealkylation sites (tertiary alicyclic amines) is 1. The van der Waals surface area contributed by atoms with Crippen LogP contribution in [0.1, 0.15) is 11.1 Å². The van der Waals surface area contributed by atoms with Crippen LogP contribution >= 0.6 is 0 Å². The van der Waals surface area contributed by atoms with Gasteiger partial charge in [0.25, 0.3) is 0 Å². The Labute approximate surface area is 136 Å². The molecule has 1 saturated heterocycles. The van der Waals surface area contributed by atoms with Gasteiger partial charge in [0.2, 0.25) is 0 Å². The molecule has 1 heterocycles. The summed E-state index contributed by atoms with van der Waals surface area (Å²) in [5, 5.41) is 8.86. The van der Waals surface area contributed by atoms with Crippen LogP contribution in [0.4, 0.5) is 0 Å². The van der Waals surface area contributed by atoms with Crippen molar-refractivity contribution in [2.75, 3.05) is 19.6 Å². The zero-order valence-corrected chi connectivity index (χ0v) is 13.0. The van der Waals surface area contributed by atoms with Crippen LogP contribution in [0.15, 0.2) is 54.6 Å². The van der Waals surface area contributed by atoms with Crippen molar-refractivity contribution in [3.8, 4) is 5.75 Å². The van der Waals surface area contributed by atoms with Crippen LogP contribution in [0, 0.1) is 5.92 Å². The molecule has 23 heavy (non-hydrogen) atoms. The molecule has 1 aliphatic heterocycles. The third-order valence-corrected chi connectivity index (χ3v) is 4.19. The number of rotatable bonds is 7. The lowest BCUT2D eigenvalue weighted by molar-refractivity contribution is -0.147. The maximum atomic E-state index is 10.8. The molecule has 4 heteroatoms. The maximum Gasteiger partial charge on any atom is 0.309 e. The normalized spacial score (nSPS) is 15.1. The summed E-state index contributed by atoms with van der Waals surface area (Å²) in [7, 11) is 0. The van der Waals surface area contributed by atoms with Crippen molar-refractivity contribution in [3.05, 3.63) is 65.7 Å². The highest BCUT2D eigenvalue weighted by atomic mass is 16.5. The van der Waals surface area contributed by atoms with E-state index in [1.165, 1.54) is 5.56 Å². The first kappa shape index (κ1) is 15.6. The smallest absolute Gasteiger partial charge is 0.309 e.